The third-order valence-electron chi connectivity index (χ3n) is 3.92. The molecule has 0 fully saturated rings. The molecule has 2 atom stereocenters. The van der Waals surface area contributed by atoms with Gasteiger partial charge in [0.2, 0.25) is 11.8 Å². The molecule has 7 heteroatoms. The number of hydrogen-bond donors (Lipinski definition) is 3. The molecule has 0 aliphatic carbocycles. The predicted octanol–water partition coefficient (Wildman–Crippen LogP) is 2.36. The molecule has 0 spiro atoms. The molecule has 0 saturated heterocycles. The van der Waals surface area contributed by atoms with E-state index in [0.717, 1.165) is 5.56 Å². The van der Waals surface area contributed by atoms with Gasteiger partial charge in [-0.15, -0.1) is 0 Å². The normalized spacial score (nSPS) is 12.8. The molecule has 3 N–H and O–H groups in total. The summed E-state index contributed by atoms with van der Waals surface area (Å²) >= 11 is 0. The molecule has 1 rings (SSSR count). The highest BCUT2D eigenvalue weighted by Gasteiger charge is 2.26. The Morgan fingerprint density at radius 2 is 1.63 bits per heavy atom. The lowest BCUT2D eigenvalue weighted by Crippen LogP contribution is -2.53. The van der Waals surface area contributed by atoms with E-state index >= 15 is 0 Å². The van der Waals surface area contributed by atoms with Gasteiger partial charge in [0.15, 0.2) is 0 Å². The first-order valence-electron chi connectivity index (χ1n) is 9.42. The lowest BCUT2D eigenvalue weighted by molar-refractivity contribution is -0.130. The standard InChI is InChI=1S/C20H31N3O4/c1-5-16(18(24)21-6-2)22-19(25)17(12-14(3)4)23-20(26)27-13-15-10-8-7-9-11-15/h7-11,14,16-17H,5-6,12-13H2,1-4H3,(H,21,24)(H,22,25)(H,23,26)/t16-,17?/m0/s1. The van der Waals surface area contributed by atoms with Gasteiger partial charge in [0, 0.05) is 6.54 Å². The second-order valence-electron chi connectivity index (χ2n) is 6.75. The molecule has 27 heavy (non-hydrogen) atoms. The molecule has 0 saturated carbocycles. The van der Waals surface area contributed by atoms with E-state index in [-0.39, 0.29) is 18.4 Å². The number of carbonyl (C=O) groups excluding carboxylic acids is 3. The Hall–Kier alpha value is -2.57. The first kappa shape index (κ1) is 22.5. The Bertz CT molecular complexity index is 605. The summed E-state index contributed by atoms with van der Waals surface area (Å²) in [6.07, 6.45) is 0.244. The largest absolute Gasteiger partial charge is 0.445 e. The van der Waals surface area contributed by atoms with Crippen LogP contribution >= 0.6 is 0 Å². The fraction of sp³-hybridized carbons (Fsp3) is 0.550. The van der Waals surface area contributed by atoms with Gasteiger partial charge in [0.1, 0.15) is 18.7 Å². The zero-order chi connectivity index (χ0) is 20.2. The van der Waals surface area contributed by atoms with Crippen molar-refractivity contribution in [2.45, 2.75) is 59.2 Å². The van der Waals surface area contributed by atoms with E-state index in [9.17, 15) is 14.4 Å². The van der Waals surface area contributed by atoms with Crippen LogP contribution in [0.2, 0.25) is 0 Å². The highest BCUT2D eigenvalue weighted by molar-refractivity contribution is 5.91. The topological polar surface area (TPSA) is 96.5 Å². The molecule has 0 aliphatic rings. The first-order chi connectivity index (χ1) is 12.9. The quantitative estimate of drug-likeness (QED) is 0.583. The van der Waals surface area contributed by atoms with Crippen LogP contribution in [-0.2, 0) is 20.9 Å². The van der Waals surface area contributed by atoms with Crippen molar-refractivity contribution in [2.24, 2.45) is 5.92 Å². The highest BCUT2D eigenvalue weighted by Crippen LogP contribution is 2.07. The minimum absolute atomic E-state index is 0.124. The molecule has 1 aromatic rings. The van der Waals surface area contributed by atoms with Crippen molar-refractivity contribution < 1.29 is 19.1 Å². The summed E-state index contributed by atoms with van der Waals surface area (Å²) < 4.78 is 5.20. The van der Waals surface area contributed by atoms with Gasteiger partial charge < -0.3 is 20.7 Å². The summed E-state index contributed by atoms with van der Waals surface area (Å²) in [6.45, 7) is 8.16. The molecule has 0 aromatic heterocycles. The number of nitrogens with one attached hydrogen (secondary N) is 3. The lowest BCUT2D eigenvalue weighted by Gasteiger charge is -2.23. The molecule has 3 amide bonds. The van der Waals surface area contributed by atoms with Gasteiger partial charge >= 0.3 is 6.09 Å². The SMILES string of the molecule is CCNC(=O)[C@H](CC)NC(=O)C(CC(C)C)NC(=O)OCc1ccccc1. The Kier molecular flexibility index (Phi) is 9.93. The number of hydrogen-bond acceptors (Lipinski definition) is 4. The van der Waals surface area contributed by atoms with Crippen molar-refractivity contribution in [2.75, 3.05) is 6.54 Å². The average Bonchev–Trinajstić information content (AvgIpc) is 2.64. The van der Waals surface area contributed by atoms with Crippen LogP contribution in [0.25, 0.3) is 0 Å². The molecule has 1 aromatic carbocycles. The Balaban J connectivity index is 2.65. The van der Waals surface area contributed by atoms with Gasteiger partial charge in [0.05, 0.1) is 0 Å². The van der Waals surface area contributed by atoms with Crippen molar-refractivity contribution in [3.63, 3.8) is 0 Å². The van der Waals surface area contributed by atoms with Crippen LogP contribution in [0, 0.1) is 5.92 Å². The first-order valence-corrected chi connectivity index (χ1v) is 9.42. The minimum atomic E-state index is -0.767. The van der Waals surface area contributed by atoms with Crippen molar-refractivity contribution in [1.82, 2.24) is 16.0 Å². The van der Waals surface area contributed by atoms with E-state index in [1.807, 2.05) is 58.0 Å². The van der Waals surface area contributed by atoms with Gasteiger partial charge in [-0.1, -0.05) is 51.1 Å². The molecule has 7 nitrogen and oxygen atoms in total. The monoisotopic (exact) mass is 377 g/mol. The van der Waals surface area contributed by atoms with Crippen LogP contribution in [0.15, 0.2) is 30.3 Å². The van der Waals surface area contributed by atoms with E-state index in [2.05, 4.69) is 16.0 Å². The Labute approximate surface area is 161 Å². The number of alkyl carbamates (subject to hydrolysis) is 1. The molecule has 0 aliphatic heterocycles. The van der Waals surface area contributed by atoms with Crippen molar-refractivity contribution >= 4 is 17.9 Å². The fourth-order valence-corrected chi connectivity index (χ4v) is 2.53. The summed E-state index contributed by atoms with van der Waals surface area (Å²) in [5.41, 5.74) is 0.861. The van der Waals surface area contributed by atoms with Gasteiger partial charge in [-0.2, -0.15) is 0 Å². The molecule has 1 unspecified atom stereocenters. The summed E-state index contributed by atoms with van der Waals surface area (Å²) in [5, 5.41) is 8.02. The molecule has 0 heterocycles. The average molecular weight is 377 g/mol. The van der Waals surface area contributed by atoms with E-state index in [1.165, 1.54) is 0 Å². The van der Waals surface area contributed by atoms with Crippen molar-refractivity contribution in [1.29, 1.82) is 0 Å². The number of rotatable bonds is 10. The van der Waals surface area contributed by atoms with Crippen molar-refractivity contribution in [3.05, 3.63) is 35.9 Å². The third-order valence-corrected chi connectivity index (χ3v) is 3.92. The van der Waals surface area contributed by atoms with Crippen LogP contribution < -0.4 is 16.0 Å². The maximum Gasteiger partial charge on any atom is 0.408 e. The number of benzene rings is 1. The zero-order valence-corrected chi connectivity index (χ0v) is 16.6. The molecular weight excluding hydrogens is 346 g/mol. The van der Waals surface area contributed by atoms with Crippen molar-refractivity contribution in [3.8, 4) is 0 Å². The zero-order valence-electron chi connectivity index (χ0n) is 16.6. The summed E-state index contributed by atoms with van der Waals surface area (Å²) in [5.74, 6) is -0.443. The molecule has 0 radical (unpaired) electrons. The maximum absolute atomic E-state index is 12.6. The maximum atomic E-state index is 12.6. The smallest absolute Gasteiger partial charge is 0.408 e. The number of carbonyl (C=O) groups is 3. The summed E-state index contributed by atoms with van der Waals surface area (Å²) in [7, 11) is 0. The highest BCUT2D eigenvalue weighted by atomic mass is 16.5. The Morgan fingerprint density at radius 1 is 0.963 bits per heavy atom. The number of amides is 3. The van der Waals surface area contributed by atoms with Gasteiger partial charge in [-0.25, -0.2) is 4.79 Å². The fourth-order valence-electron chi connectivity index (χ4n) is 2.53. The second-order valence-corrected chi connectivity index (χ2v) is 6.75. The van der Waals surface area contributed by atoms with E-state index in [4.69, 9.17) is 4.74 Å². The second kappa shape index (κ2) is 11.9. The molecular formula is C20H31N3O4. The summed E-state index contributed by atoms with van der Waals surface area (Å²) in [4.78, 5) is 36.7. The molecule has 150 valence electrons. The lowest BCUT2D eigenvalue weighted by atomic mass is 10.0. The minimum Gasteiger partial charge on any atom is -0.445 e. The van der Waals surface area contributed by atoms with Gasteiger partial charge in [0.25, 0.3) is 0 Å². The van der Waals surface area contributed by atoms with Gasteiger partial charge in [-0.3, -0.25) is 9.59 Å². The van der Waals surface area contributed by atoms with Gasteiger partial charge in [-0.05, 0) is 31.2 Å². The predicted molar refractivity (Wildman–Crippen MR) is 104 cm³/mol. The van der Waals surface area contributed by atoms with Crippen LogP contribution in [0.4, 0.5) is 4.79 Å². The van der Waals surface area contributed by atoms with Crippen LogP contribution in [-0.4, -0.2) is 36.5 Å². The number of likely N-dealkylation sites (N-methyl/N-ethyl adjacent to an activating group) is 1. The summed E-state index contributed by atoms with van der Waals surface area (Å²) in [6, 6.07) is 7.90. The van der Waals surface area contributed by atoms with E-state index in [0.29, 0.717) is 19.4 Å². The Morgan fingerprint density at radius 3 is 2.19 bits per heavy atom. The van der Waals surface area contributed by atoms with Crippen LogP contribution in [0.1, 0.15) is 46.1 Å². The third kappa shape index (κ3) is 8.57. The van der Waals surface area contributed by atoms with E-state index < -0.39 is 24.1 Å². The van der Waals surface area contributed by atoms with E-state index in [1.54, 1.807) is 0 Å². The number of ether oxygens (including phenoxy) is 1. The van der Waals surface area contributed by atoms with Crippen LogP contribution in [0.5, 0.6) is 0 Å². The van der Waals surface area contributed by atoms with Crippen LogP contribution in [0.3, 0.4) is 0 Å². The molecule has 0 bridgehead atoms.